The molecule has 20 heavy (non-hydrogen) atoms. The summed E-state index contributed by atoms with van der Waals surface area (Å²) in [5.41, 5.74) is 8.27. The Kier molecular flexibility index (Phi) is 3.66. The number of hydrogen-bond acceptors (Lipinski definition) is 3. The smallest absolute Gasteiger partial charge is 0.254 e. The van der Waals surface area contributed by atoms with Gasteiger partial charge in [-0.1, -0.05) is 6.07 Å². The molecule has 0 aromatic heterocycles. The second-order valence-corrected chi connectivity index (χ2v) is 5.96. The molecular weight excluding hydrogens is 250 g/mol. The Morgan fingerprint density at radius 1 is 1.25 bits per heavy atom. The van der Waals surface area contributed by atoms with Crippen LogP contribution in [0.5, 0.6) is 0 Å². The highest BCUT2D eigenvalue weighted by molar-refractivity contribution is 5.97. The second-order valence-electron chi connectivity index (χ2n) is 5.96. The molecule has 1 aromatic rings. The molecule has 1 unspecified atom stereocenters. The van der Waals surface area contributed by atoms with Gasteiger partial charge in [-0.15, -0.1) is 0 Å². The average molecular weight is 273 g/mol. The molecule has 0 spiro atoms. The van der Waals surface area contributed by atoms with Crippen LogP contribution in [-0.2, 0) is 0 Å². The Morgan fingerprint density at radius 2 is 2.00 bits per heavy atom. The zero-order valence-corrected chi connectivity index (χ0v) is 12.1. The number of rotatable bonds is 2. The quantitative estimate of drug-likeness (QED) is 0.837. The summed E-state index contributed by atoms with van der Waals surface area (Å²) in [6, 6.07) is 6.16. The number of likely N-dealkylation sites (tertiary alicyclic amines) is 2. The maximum absolute atomic E-state index is 12.6. The Hall–Kier alpha value is -1.55. The predicted molar refractivity (Wildman–Crippen MR) is 80.7 cm³/mol. The van der Waals surface area contributed by atoms with E-state index in [9.17, 15) is 4.79 Å². The van der Waals surface area contributed by atoms with Crippen molar-refractivity contribution in [3.05, 3.63) is 29.3 Å². The third-order valence-electron chi connectivity index (χ3n) is 4.71. The molecule has 1 aromatic carbocycles. The van der Waals surface area contributed by atoms with Crippen LogP contribution in [0.3, 0.4) is 0 Å². The fraction of sp³-hybridized carbons (Fsp3) is 0.562. The van der Waals surface area contributed by atoms with E-state index in [1.54, 1.807) is 0 Å². The molecule has 2 heterocycles. The molecule has 0 bridgehead atoms. The lowest BCUT2D eigenvalue weighted by Crippen LogP contribution is -2.37. The molecule has 2 N–H and O–H groups in total. The highest BCUT2D eigenvalue weighted by atomic mass is 16.2. The van der Waals surface area contributed by atoms with E-state index >= 15 is 0 Å². The van der Waals surface area contributed by atoms with Crippen molar-refractivity contribution >= 4 is 11.6 Å². The Labute approximate surface area is 120 Å². The summed E-state index contributed by atoms with van der Waals surface area (Å²) in [5, 5.41) is 0. The van der Waals surface area contributed by atoms with Crippen molar-refractivity contribution in [2.45, 2.75) is 32.2 Å². The minimum Gasteiger partial charge on any atom is -0.398 e. The SMILES string of the molecule is Cc1c(N)cccc1C(=O)N1CCC(N2CCCC2)C1. The van der Waals surface area contributed by atoms with Crippen LogP contribution in [0.25, 0.3) is 0 Å². The first-order chi connectivity index (χ1) is 9.66. The summed E-state index contributed by atoms with van der Waals surface area (Å²) in [4.78, 5) is 17.2. The molecule has 4 nitrogen and oxygen atoms in total. The number of hydrogen-bond donors (Lipinski definition) is 1. The zero-order valence-electron chi connectivity index (χ0n) is 12.1. The molecule has 1 atom stereocenters. The molecule has 108 valence electrons. The Morgan fingerprint density at radius 3 is 2.75 bits per heavy atom. The van der Waals surface area contributed by atoms with Crippen molar-refractivity contribution in [2.75, 3.05) is 31.9 Å². The molecular formula is C16H23N3O. The molecule has 2 aliphatic rings. The zero-order chi connectivity index (χ0) is 14.1. The standard InChI is InChI=1S/C16H23N3O/c1-12-14(5-4-6-15(12)17)16(20)19-10-7-13(11-19)18-8-2-3-9-18/h4-6,13H,2-3,7-11,17H2,1H3. The van der Waals surface area contributed by atoms with Crippen molar-refractivity contribution in [2.24, 2.45) is 0 Å². The molecule has 1 amide bonds. The van der Waals surface area contributed by atoms with E-state index in [2.05, 4.69) is 4.90 Å². The van der Waals surface area contributed by atoms with Gasteiger partial charge in [0.2, 0.25) is 0 Å². The maximum Gasteiger partial charge on any atom is 0.254 e. The van der Waals surface area contributed by atoms with Crippen molar-refractivity contribution in [1.29, 1.82) is 0 Å². The third-order valence-corrected chi connectivity index (χ3v) is 4.71. The van der Waals surface area contributed by atoms with E-state index in [1.165, 1.54) is 25.9 Å². The van der Waals surface area contributed by atoms with Crippen LogP contribution in [0.1, 0.15) is 35.2 Å². The van der Waals surface area contributed by atoms with Crippen LogP contribution in [0, 0.1) is 6.92 Å². The van der Waals surface area contributed by atoms with E-state index in [-0.39, 0.29) is 5.91 Å². The van der Waals surface area contributed by atoms with Gasteiger partial charge in [-0.2, -0.15) is 0 Å². The number of carbonyl (C=O) groups is 1. The minimum atomic E-state index is 0.136. The number of benzene rings is 1. The van der Waals surface area contributed by atoms with Crippen LogP contribution in [0.2, 0.25) is 0 Å². The first kappa shape index (κ1) is 13.4. The summed E-state index contributed by atoms with van der Waals surface area (Å²) in [5.74, 6) is 0.136. The minimum absolute atomic E-state index is 0.136. The first-order valence-corrected chi connectivity index (χ1v) is 7.55. The largest absolute Gasteiger partial charge is 0.398 e. The molecule has 0 radical (unpaired) electrons. The lowest BCUT2D eigenvalue weighted by molar-refractivity contribution is 0.0779. The van der Waals surface area contributed by atoms with Crippen molar-refractivity contribution < 1.29 is 4.79 Å². The summed E-state index contributed by atoms with van der Waals surface area (Å²) in [7, 11) is 0. The number of anilines is 1. The van der Waals surface area contributed by atoms with E-state index in [1.807, 2.05) is 30.0 Å². The molecule has 0 saturated carbocycles. The summed E-state index contributed by atoms with van der Waals surface area (Å²) in [6.45, 7) is 6.06. The number of nitrogen functional groups attached to an aromatic ring is 1. The molecule has 3 rings (SSSR count). The van der Waals surface area contributed by atoms with Gasteiger partial charge in [0, 0.05) is 30.4 Å². The van der Waals surface area contributed by atoms with Gasteiger partial charge in [-0.3, -0.25) is 9.69 Å². The highest BCUT2D eigenvalue weighted by Crippen LogP contribution is 2.24. The van der Waals surface area contributed by atoms with Gasteiger partial charge in [0.05, 0.1) is 0 Å². The van der Waals surface area contributed by atoms with Crippen molar-refractivity contribution in [3.8, 4) is 0 Å². The van der Waals surface area contributed by atoms with Crippen molar-refractivity contribution in [1.82, 2.24) is 9.80 Å². The lowest BCUT2D eigenvalue weighted by atomic mass is 10.1. The van der Waals surface area contributed by atoms with Crippen LogP contribution in [0.4, 0.5) is 5.69 Å². The van der Waals surface area contributed by atoms with Crippen LogP contribution in [-0.4, -0.2) is 47.9 Å². The van der Waals surface area contributed by atoms with Crippen LogP contribution in [0.15, 0.2) is 18.2 Å². The Bertz CT molecular complexity index is 508. The number of amides is 1. The third kappa shape index (κ3) is 2.40. The van der Waals surface area contributed by atoms with Gasteiger partial charge in [0.25, 0.3) is 5.91 Å². The highest BCUT2D eigenvalue weighted by Gasteiger charge is 2.32. The Balaban J connectivity index is 1.70. The number of nitrogens with two attached hydrogens (primary N) is 1. The molecule has 0 aliphatic carbocycles. The fourth-order valence-electron chi connectivity index (χ4n) is 3.39. The van der Waals surface area contributed by atoms with E-state index in [0.29, 0.717) is 11.7 Å². The summed E-state index contributed by atoms with van der Waals surface area (Å²) < 4.78 is 0. The fourth-order valence-corrected chi connectivity index (χ4v) is 3.39. The maximum atomic E-state index is 12.6. The number of nitrogens with zero attached hydrogens (tertiary/aromatic N) is 2. The predicted octanol–water partition coefficient (Wildman–Crippen LogP) is 1.89. The van der Waals surface area contributed by atoms with E-state index in [4.69, 9.17) is 5.73 Å². The van der Waals surface area contributed by atoms with Gasteiger partial charge >= 0.3 is 0 Å². The van der Waals surface area contributed by atoms with Gasteiger partial charge in [0.1, 0.15) is 0 Å². The van der Waals surface area contributed by atoms with Crippen LogP contribution < -0.4 is 5.73 Å². The van der Waals surface area contributed by atoms with Gasteiger partial charge < -0.3 is 10.6 Å². The van der Waals surface area contributed by atoms with Crippen LogP contribution >= 0.6 is 0 Å². The second kappa shape index (κ2) is 5.44. The van der Waals surface area contributed by atoms with Gasteiger partial charge in [-0.05, 0) is 57.0 Å². The van der Waals surface area contributed by atoms with E-state index < -0.39 is 0 Å². The average Bonchev–Trinajstić information content (AvgIpc) is 3.11. The van der Waals surface area contributed by atoms with Crippen molar-refractivity contribution in [3.63, 3.8) is 0 Å². The lowest BCUT2D eigenvalue weighted by Gasteiger charge is -2.24. The molecule has 2 saturated heterocycles. The van der Waals surface area contributed by atoms with Gasteiger partial charge in [0.15, 0.2) is 0 Å². The van der Waals surface area contributed by atoms with Gasteiger partial charge in [-0.25, -0.2) is 0 Å². The molecule has 4 heteroatoms. The first-order valence-electron chi connectivity index (χ1n) is 7.55. The summed E-state index contributed by atoms with van der Waals surface area (Å²) in [6.07, 6.45) is 3.71. The topological polar surface area (TPSA) is 49.6 Å². The monoisotopic (exact) mass is 273 g/mol. The normalized spacial score (nSPS) is 23.4. The molecule has 2 aliphatic heterocycles. The molecule has 2 fully saturated rings. The van der Waals surface area contributed by atoms with E-state index in [0.717, 1.165) is 30.6 Å². The number of carbonyl (C=O) groups excluding carboxylic acids is 1. The summed E-state index contributed by atoms with van der Waals surface area (Å²) >= 11 is 0.